The van der Waals surface area contributed by atoms with Gasteiger partial charge in [-0.15, -0.1) is 5.10 Å². The monoisotopic (exact) mass is 245 g/mol. The zero-order chi connectivity index (χ0) is 12.0. The van der Waals surface area contributed by atoms with Gasteiger partial charge in [0.2, 0.25) is 0 Å². The summed E-state index contributed by atoms with van der Waals surface area (Å²) in [6.45, 7) is 0.996. The third kappa shape index (κ3) is 2.96. The molecule has 0 N–H and O–H groups in total. The van der Waals surface area contributed by atoms with Gasteiger partial charge in [0, 0.05) is 12.9 Å². The fraction of sp³-hybridized carbons (Fsp3) is 0.667. The first-order valence-corrected chi connectivity index (χ1v) is 6.12. The molecular weight excluding hydrogens is 230 g/mol. The topological polar surface area (TPSA) is 66.2 Å². The van der Waals surface area contributed by atoms with Crippen molar-refractivity contribution >= 4 is 17.7 Å². The molecule has 1 aromatic rings. The molecule has 0 saturated heterocycles. The molecule has 0 aromatic carbocycles. The second-order valence-electron chi connectivity index (χ2n) is 3.03. The number of thioether (sulfide) groups is 1. The molecule has 1 rings (SSSR count). The van der Waals surface area contributed by atoms with E-state index < -0.39 is 5.97 Å². The summed E-state index contributed by atoms with van der Waals surface area (Å²) >= 11 is 1.70. The van der Waals surface area contributed by atoms with Gasteiger partial charge >= 0.3 is 5.97 Å². The lowest BCUT2D eigenvalue weighted by molar-refractivity contribution is 0.0588. The van der Waals surface area contributed by atoms with Crippen LogP contribution in [0.3, 0.4) is 0 Å². The summed E-state index contributed by atoms with van der Waals surface area (Å²) in [6, 6.07) is 0. The minimum Gasteiger partial charge on any atom is -0.464 e. The molecule has 0 aliphatic heterocycles. The quantitative estimate of drug-likeness (QED) is 0.683. The highest BCUT2D eigenvalue weighted by Gasteiger charge is 2.19. The van der Waals surface area contributed by atoms with Crippen molar-refractivity contribution in [1.82, 2.24) is 15.0 Å². The molecule has 0 amide bonds. The Hall–Kier alpha value is -1.08. The number of carbonyl (C=O) groups excluding carboxylic acids is 1. The van der Waals surface area contributed by atoms with Crippen molar-refractivity contribution in [2.75, 3.05) is 26.2 Å². The van der Waals surface area contributed by atoms with Gasteiger partial charge in [0.15, 0.2) is 5.69 Å². The van der Waals surface area contributed by atoms with Gasteiger partial charge in [-0.2, -0.15) is 11.8 Å². The largest absolute Gasteiger partial charge is 0.464 e. The molecule has 0 aliphatic carbocycles. The molecule has 0 unspecified atom stereocenters. The standard InChI is InChI=1S/C9H15N3O3S/c1-14-6-7-8(9(13)15-2)10-11-12(7)4-5-16-3/h4-6H2,1-3H3. The van der Waals surface area contributed by atoms with Gasteiger partial charge in [-0.25, -0.2) is 9.48 Å². The fourth-order valence-electron chi connectivity index (χ4n) is 1.22. The number of carbonyl (C=O) groups is 1. The maximum absolute atomic E-state index is 11.4. The highest BCUT2D eigenvalue weighted by Crippen LogP contribution is 2.09. The minimum absolute atomic E-state index is 0.227. The lowest BCUT2D eigenvalue weighted by Gasteiger charge is -2.05. The van der Waals surface area contributed by atoms with E-state index in [0.717, 1.165) is 5.75 Å². The molecule has 0 spiro atoms. The number of aromatic nitrogens is 3. The average Bonchev–Trinajstić information content (AvgIpc) is 2.69. The van der Waals surface area contributed by atoms with Crippen LogP contribution in [0.5, 0.6) is 0 Å². The summed E-state index contributed by atoms with van der Waals surface area (Å²) in [5.41, 5.74) is 0.883. The molecule has 90 valence electrons. The second kappa shape index (κ2) is 6.49. The van der Waals surface area contributed by atoms with Crippen molar-refractivity contribution in [3.05, 3.63) is 11.4 Å². The van der Waals surface area contributed by atoms with Crippen LogP contribution in [0, 0.1) is 0 Å². The number of esters is 1. The predicted octanol–water partition coefficient (Wildman–Crippen LogP) is 0.574. The van der Waals surface area contributed by atoms with Crippen molar-refractivity contribution in [2.24, 2.45) is 0 Å². The SMILES string of the molecule is COCc1c(C(=O)OC)nnn1CCSC. The van der Waals surface area contributed by atoms with Crippen LogP contribution in [0.25, 0.3) is 0 Å². The third-order valence-electron chi connectivity index (χ3n) is 2.00. The van der Waals surface area contributed by atoms with Gasteiger partial charge < -0.3 is 9.47 Å². The van der Waals surface area contributed by atoms with E-state index in [-0.39, 0.29) is 5.69 Å². The van der Waals surface area contributed by atoms with Crippen molar-refractivity contribution in [1.29, 1.82) is 0 Å². The van der Waals surface area contributed by atoms with Crippen molar-refractivity contribution in [2.45, 2.75) is 13.2 Å². The maximum atomic E-state index is 11.4. The Morgan fingerprint density at radius 2 is 2.25 bits per heavy atom. The van der Waals surface area contributed by atoms with Gasteiger partial charge in [-0.1, -0.05) is 5.21 Å². The van der Waals surface area contributed by atoms with Gasteiger partial charge in [0.1, 0.15) is 0 Å². The molecule has 6 nitrogen and oxygen atoms in total. The zero-order valence-corrected chi connectivity index (χ0v) is 10.4. The smallest absolute Gasteiger partial charge is 0.360 e. The predicted molar refractivity (Wildman–Crippen MR) is 60.5 cm³/mol. The van der Waals surface area contributed by atoms with E-state index in [0.29, 0.717) is 18.8 Å². The van der Waals surface area contributed by atoms with E-state index >= 15 is 0 Å². The van der Waals surface area contributed by atoms with E-state index in [4.69, 9.17) is 4.74 Å². The molecule has 0 radical (unpaired) electrons. The molecule has 0 fully saturated rings. The summed E-state index contributed by atoms with van der Waals surface area (Å²) in [6.07, 6.45) is 2.01. The van der Waals surface area contributed by atoms with Crippen LogP contribution in [-0.4, -0.2) is 47.2 Å². The van der Waals surface area contributed by atoms with Crippen molar-refractivity contribution in [3.8, 4) is 0 Å². The van der Waals surface area contributed by atoms with E-state index in [2.05, 4.69) is 15.0 Å². The lowest BCUT2D eigenvalue weighted by atomic mass is 10.3. The van der Waals surface area contributed by atoms with Crippen LogP contribution in [0.15, 0.2) is 0 Å². The molecule has 0 atom stereocenters. The number of methoxy groups -OCH3 is 2. The molecule has 1 heterocycles. The van der Waals surface area contributed by atoms with Crippen molar-refractivity contribution in [3.63, 3.8) is 0 Å². The summed E-state index contributed by atoms with van der Waals surface area (Å²) in [5, 5.41) is 7.72. The Bertz CT molecular complexity index is 354. The summed E-state index contributed by atoms with van der Waals surface area (Å²) < 4.78 is 11.3. The third-order valence-corrected chi connectivity index (χ3v) is 2.60. The number of nitrogens with zero attached hydrogens (tertiary/aromatic N) is 3. The van der Waals surface area contributed by atoms with Crippen molar-refractivity contribution < 1.29 is 14.3 Å². The van der Waals surface area contributed by atoms with Crippen LogP contribution in [0.4, 0.5) is 0 Å². The van der Waals surface area contributed by atoms with E-state index in [1.807, 2.05) is 6.26 Å². The van der Waals surface area contributed by atoms with Crippen LogP contribution >= 0.6 is 11.8 Å². The molecule has 0 bridgehead atoms. The number of rotatable bonds is 6. The molecule has 16 heavy (non-hydrogen) atoms. The van der Waals surface area contributed by atoms with Gasteiger partial charge in [0.05, 0.1) is 26.0 Å². The molecule has 7 heteroatoms. The first-order valence-electron chi connectivity index (χ1n) is 4.73. The Morgan fingerprint density at radius 3 is 2.81 bits per heavy atom. The Balaban J connectivity index is 2.92. The van der Waals surface area contributed by atoms with Crippen LogP contribution in [-0.2, 0) is 22.6 Å². The number of ether oxygens (including phenoxy) is 2. The zero-order valence-electron chi connectivity index (χ0n) is 9.60. The molecule has 1 aromatic heterocycles. The summed E-state index contributed by atoms with van der Waals surface area (Å²) in [4.78, 5) is 11.4. The lowest BCUT2D eigenvalue weighted by Crippen LogP contribution is -2.11. The first kappa shape index (κ1) is 13.0. The number of hydrogen-bond donors (Lipinski definition) is 0. The average molecular weight is 245 g/mol. The maximum Gasteiger partial charge on any atom is 0.360 e. The van der Waals surface area contributed by atoms with E-state index in [1.54, 1.807) is 23.6 Å². The fourth-order valence-corrected chi connectivity index (χ4v) is 1.58. The highest BCUT2D eigenvalue weighted by molar-refractivity contribution is 7.98. The Morgan fingerprint density at radius 1 is 1.50 bits per heavy atom. The summed E-state index contributed by atoms with van der Waals surface area (Å²) in [7, 11) is 2.88. The minimum atomic E-state index is -0.484. The van der Waals surface area contributed by atoms with Gasteiger partial charge in [-0.3, -0.25) is 0 Å². The molecule has 0 aliphatic rings. The normalized spacial score (nSPS) is 10.4. The van der Waals surface area contributed by atoms with Crippen LogP contribution in [0.2, 0.25) is 0 Å². The van der Waals surface area contributed by atoms with Crippen LogP contribution < -0.4 is 0 Å². The number of hydrogen-bond acceptors (Lipinski definition) is 6. The number of aryl methyl sites for hydroxylation is 1. The second-order valence-corrected chi connectivity index (χ2v) is 4.01. The van der Waals surface area contributed by atoms with Gasteiger partial charge in [-0.05, 0) is 6.26 Å². The van der Waals surface area contributed by atoms with E-state index in [9.17, 15) is 4.79 Å². The van der Waals surface area contributed by atoms with Crippen LogP contribution in [0.1, 0.15) is 16.2 Å². The Kier molecular flexibility index (Phi) is 5.27. The molecule has 0 saturated carbocycles. The highest BCUT2D eigenvalue weighted by atomic mass is 32.2. The Labute approximate surface area is 98.3 Å². The first-order chi connectivity index (χ1) is 7.74. The van der Waals surface area contributed by atoms with Gasteiger partial charge in [0.25, 0.3) is 0 Å². The van der Waals surface area contributed by atoms with E-state index in [1.165, 1.54) is 7.11 Å². The molecular formula is C9H15N3O3S. The summed E-state index contributed by atoms with van der Waals surface area (Å²) in [5.74, 6) is 0.420.